The van der Waals surface area contributed by atoms with Crippen LogP contribution in [0.2, 0.25) is 0 Å². The Morgan fingerprint density at radius 1 is 1.10 bits per heavy atom. The molecule has 2 aromatic heterocycles. The molecule has 0 bridgehead atoms. The molecule has 4 aromatic rings. The van der Waals surface area contributed by atoms with Crippen molar-refractivity contribution in [3.63, 3.8) is 0 Å². The molecule has 9 heteroatoms. The normalized spacial score (nSPS) is 11.7. The molecule has 0 saturated carbocycles. The Kier molecular flexibility index (Phi) is 4.34. The van der Waals surface area contributed by atoms with Crippen LogP contribution in [0.5, 0.6) is 0 Å². The summed E-state index contributed by atoms with van der Waals surface area (Å²) in [5.41, 5.74) is -0.129. The second kappa shape index (κ2) is 6.74. The number of hydrogen-bond acceptors (Lipinski definition) is 3. The molecule has 0 saturated heterocycles. The third-order valence-electron chi connectivity index (χ3n) is 4.58. The summed E-state index contributed by atoms with van der Waals surface area (Å²) in [4.78, 5) is 4.05. The van der Waals surface area contributed by atoms with E-state index in [1.807, 2.05) is 6.07 Å². The van der Waals surface area contributed by atoms with Crippen molar-refractivity contribution < 1.29 is 17.6 Å². The second-order valence-electron chi connectivity index (χ2n) is 6.29. The van der Waals surface area contributed by atoms with Crippen molar-refractivity contribution in [3.8, 4) is 11.8 Å². The Morgan fingerprint density at radius 2 is 1.90 bits per heavy atom. The number of aromatic nitrogens is 4. The van der Waals surface area contributed by atoms with Crippen LogP contribution >= 0.6 is 0 Å². The molecule has 0 aliphatic rings. The van der Waals surface area contributed by atoms with E-state index < -0.39 is 34.8 Å². The summed E-state index contributed by atoms with van der Waals surface area (Å²) in [7, 11) is 0. The predicted octanol–water partition coefficient (Wildman–Crippen LogP) is 4.53. The van der Waals surface area contributed by atoms with E-state index in [1.54, 1.807) is 13.0 Å². The Bertz CT molecular complexity index is 1270. The monoisotopic (exact) mass is 399 g/mol. The topological polar surface area (TPSA) is 59.4 Å². The van der Waals surface area contributed by atoms with Crippen molar-refractivity contribution in [2.75, 3.05) is 0 Å². The summed E-state index contributed by atoms with van der Waals surface area (Å²) in [6.45, 7) is 1.87. The summed E-state index contributed by atoms with van der Waals surface area (Å²) in [6, 6.07) is 10.0. The maximum atomic E-state index is 15.5. The Labute approximate surface area is 162 Å². The molecule has 2 heterocycles. The van der Waals surface area contributed by atoms with Crippen molar-refractivity contribution in [1.29, 1.82) is 5.26 Å². The van der Waals surface area contributed by atoms with Gasteiger partial charge in [-0.25, -0.2) is 18.4 Å². The van der Waals surface area contributed by atoms with Crippen LogP contribution in [0.1, 0.15) is 24.0 Å². The molecule has 146 valence electrons. The number of halogens is 4. The van der Waals surface area contributed by atoms with Crippen LogP contribution in [0, 0.1) is 23.0 Å². The molecule has 5 nitrogen and oxygen atoms in total. The lowest BCUT2D eigenvalue weighted by Crippen LogP contribution is -2.25. The fourth-order valence-corrected chi connectivity index (χ4v) is 3.25. The van der Waals surface area contributed by atoms with E-state index in [2.05, 4.69) is 10.1 Å². The van der Waals surface area contributed by atoms with Crippen molar-refractivity contribution >= 4 is 11.0 Å². The molecule has 0 radical (unpaired) electrons. The van der Waals surface area contributed by atoms with Gasteiger partial charge in [0.25, 0.3) is 0 Å². The van der Waals surface area contributed by atoms with Gasteiger partial charge < -0.3 is 4.57 Å². The van der Waals surface area contributed by atoms with Crippen LogP contribution in [-0.2, 0) is 12.5 Å². The highest BCUT2D eigenvalue weighted by atomic mass is 19.3. The number of fused-ring (bicyclic) bond motifs is 1. The molecule has 4 rings (SSSR count). The molecule has 0 atom stereocenters. The smallest absolute Gasteiger partial charge is 0.323 e. The number of nitriles is 1. The number of imidazole rings is 1. The Morgan fingerprint density at radius 3 is 2.62 bits per heavy atom. The van der Waals surface area contributed by atoms with Crippen molar-refractivity contribution in [2.45, 2.75) is 19.4 Å². The molecule has 0 aliphatic carbocycles. The van der Waals surface area contributed by atoms with Crippen LogP contribution in [0.25, 0.3) is 16.7 Å². The number of hydrogen-bond donors (Lipinski definition) is 0. The lowest BCUT2D eigenvalue weighted by atomic mass is 10.2. The van der Waals surface area contributed by atoms with Gasteiger partial charge in [0.15, 0.2) is 5.82 Å². The molecule has 0 aliphatic heterocycles. The first-order valence-electron chi connectivity index (χ1n) is 8.65. The van der Waals surface area contributed by atoms with Crippen molar-refractivity contribution in [2.24, 2.45) is 0 Å². The highest BCUT2D eigenvalue weighted by molar-refractivity contribution is 5.78. The van der Waals surface area contributed by atoms with Gasteiger partial charge in [0, 0.05) is 18.8 Å². The zero-order valence-electron chi connectivity index (χ0n) is 15.1. The van der Waals surface area contributed by atoms with Gasteiger partial charge in [0.2, 0.25) is 0 Å². The Hall–Kier alpha value is -3.67. The first kappa shape index (κ1) is 18.7. The predicted molar refractivity (Wildman–Crippen MR) is 96.6 cm³/mol. The lowest BCUT2D eigenvalue weighted by molar-refractivity contribution is 0.0224. The lowest BCUT2D eigenvalue weighted by Gasteiger charge is -2.19. The third-order valence-corrected chi connectivity index (χ3v) is 4.58. The minimum absolute atomic E-state index is 0.190. The van der Waals surface area contributed by atoms with Gasteiger partial charge in [0.05, 0.1) is 22.7 Å². The number of alkyl halides is 2. The number of nitrogens with zero attached hydrogens (tertiary/aromatic N) is 5. The minimum atomic E-state index is -3.67. The van der Waals surface area contributed by atoms with Crippen LogP contribution in [0.3, 0.4) is 0 Å². The molecule has 2 aromatic carbocycles. The summed E-state index contributed by atoms with van der Waals surface area (Å²) < 4.78 is 60.8. The highest BCUT2D eigenvalue weighted by Gasteiger charge is 2.43. The van der Waals surface area contributed by atoms with Gasteiger partial charge in [-0.3, -0.25) is 0 Å². The third kappa shape index (κ3) is 2.93. The SMILES string of the molecule is CCn1c(C(F)(F)c2ccnn2-c2cc(F)ccc2F)nc2cc(C#N)ccc21. The summed E-state index contributed by atoms with van der Waals surface area (Å²) in [6.07, 6.45) is 1.08. The Balaban J connectivity index is 1.92. The largest absolute Gasteiger partial charge is 0.346 e. The van der Waals surface area contributed by atoms with Gasteiger partial charge in [-0.1, -0.05) is 0 Å². The van der Waals surface area contributed by atoms with Crippen LogP contribution < -0.4 is 0 Å². The molecular formula is C20H13F4N5. The molecular weight excluding hydrogens is 386 g/mol. The molecule has 0 amide bonds. The maximum Gasteiger partial charge on any atom is 0.346 e. The first-order chi connectivity index (χ1) is 13.9. The molecule has 0 fully saturated rings. The van der Waals surface area contributed by atoms with E-state index in [9.17, 15) is 8.78 Å². The zero-order chi connectivity index (χ0) is 20.8. The van der Waals surface area contributed by atoms with Crippen LogP contribution in [-0.4, -0.2) is 19.3 Å². The second-order valence-corrected chi connectivity index (χ2v) is 6.29. The number of rotatable bonds is 4. The van der Waals surface area contributed by atoms with E-state index in [0.717, 1.165) is 30.5 Å². The summed E-state index contributed by atoms with van der Waals surface area (Å²) >= 11 is 0. The fourth-order valence-electron chi connectivity index (χ4n) is 3.25. The fraction of sp³-hybridized carbons (Fsp3) is 0.150. The van der Waals surface area contributed by atoms with E-state index in [0.29, 0.717) is 15.8 Å². The highest BCUT2D eigenvalue weighted by Crippen LogP contribution is 2.38. The summed E-state index contributed by atoms with van der Waals surface area (Å²) in [5, 5.41) is 12.8. The van der Waals surface area contributed by atoms with Crippen LogP contribution in [0.15, 0.2) is 48.7 Å². The molecule has 29 heavy (non-hydrogen) atoms. The average Bonchev–Trinajstić information content (AvgIpc) is 3.34. The maximum absolute atomic E-state index is 15.5. The van der Waals surface area contributed by atoms with Gasteiger partial charge in [-0.2, -0.15) is 19.1 Å². The van der Waals surface area contributed by atoms with Gasteiger partial charge in [-0.15, -0.1) is 0 Å². The quantitative estimate of drug-likeness (QED) is 0.474. The van der Waals surface area contributed by atoms with E-state index in [-0.39, 0.29) is 12.1 Å². The zero-order valence-corrected chi connectivity index (χ0v) is 15.1. The first-order valence-corrected chi connectivity index (χ1v) is 8.65. The number of aryl methyl sites for hydroxylation is 1. The number of benzene rings is 2. The van der Waals surface area contributed by atoms with E-state index in [4.69, 9.17) is 5.26 Å². The van der Waals surface area contributed by atoms with E-state index >= 15 is 8.78 Å². The van der Waals surface area contributed by atoms with Gasteiger partial charge in [-0.05, 0) is 43.3 Å². The average molecular weight is 399 g/mol. The summed E-state index contributed by atoms with van der Waals surface area (Å²) in [5.74, 6) is -5.92. The van der Waals surface area contributed by atoms with E-state index in [1.165, 1.54) is 16.7 Å². The molecule has 0 N–H and O–H groups in total. The molecule has 0 spiro atoms. The van der Waals surface area contributed by atoms with Gasteiger partial charge in [0.1, 0.15) is 23.0 Å². The van der Waals surface area contributed by atoms with Crippen molar-refractivity contribution in [3.05, 3.63) is 77.4 Å². The van der Waals surface area contributed by atoms with Crippen molar-refractivity contribution in [1.82, 2.24) is 19.3 Å². The van der Waals surface area contributed by atoms with Gasteiger partial charge >= 0.3 is 5.92 Å². The molecule has 0 unspecified atom stereocenters. The standard InChI is InChI=1S/C20H13F4N5/c1-2-28-16-6-3-12(11-25)9-15(16)27-19(28)20(23,24)18-7-8-26-29(18)17-10-13(21)4-5-14(17)22/h3-10H,2H2,1H3. The minimum Gasteiger partial charge on any atom is -0.323 e. The van der Waals surface area contributed by atoms with Crippen LogP contribution in [0.4, 0.5) is 17.6 Å².